The number of rotatable bonds is 4. The molecule has 2 aromatic rings. The third-order valence-corrected chi connectivity index (χ3v) is 4.01. The van der Waals surface area contributed by atoms with Crippen LogP contribution in [-0.4, -0.2) is 10.1 Å². The average molecular weight is 348 g/mol. The minimum atomic E-state index is 0.410. The van der Waals surface area contributed by atoms with Crippen molar-refractivity contribution in [3.05, 3.63) is 52.7 Å². The Morgan fingerprint density at radius 2 is 1.61 bits per heavy atom. The van der Waals surface area contributed by atoms with E-state index in [-0.39, 0.29) is 0 Å². The van der Waals surface area contributed by atoms with Gasteiger partial charge in [-0.15, -0.1) is 0 Å². The molecule has 0 saturated carbocycles. The number of pyridine rings is 1. The number of nitrogens with one attached hydrogen (secondary N) is 2. The molecule has 0 fully saturated rings. The van der Waals surface area contributed by atoms with Gasteiger partial charge in [0.1, 0.15) is 5.82 Å². The van der Waals surface area contributed by atoms with Crippen LogP contribution in [0.2, 0.25) is 5.02 Å². The maximum Gasteiger partial charge on any atom is 0.176 e. The van der Waals surface area contributed by atoms with Gasteiger partial charge in [0.15, 0.2) is 5.11 Å². The highest BCUT2D eigenvalue weighted by Crippen LogP contribution is 2.32. The fraction of sp³-hybridized carbons (Fsp3) is 0.333. The molecule has 0 spiro atoms. The number of para-hydroxylation sites is 1. The highest BCUT2D eigenvalue weighted by Gasteiger charge is 2.14. The Morgan fingerprint density at radius 1 is 1.00 bits per heavy atom. The van der Waals surface area contributed by atoms with E-state index < -0.39 is 0 Å². The molecule has 0 radical (unpaired) electrons. The predicted molar refractivity (Wildman–Crippen MR) is 104 cm³/mol. The van der Waals surface area contributed by atoms with E-state index in [0.29, 0.717) is 27.8 Å². The molecule has 1 heterocycles. The van der Waals surface area contributed by atoms with Gasteiger partial charge in [-0.2, -0.15) is 0 Å². The van der Waals surface area contributed by atoms with E-state index in [2.05, 4.69) is 61.5 Å². The van der Waals surface area contributed by atoms with Gasteiger partial charge in [-0.25, -0.2) is 4.98 Å². The largest absolute Gasteiger partial charge is 0.332 e. The quantitative estimate of drug-likeness (QED) is 0.686. The second kappa shape index (κ2) is 7.75. The van der Waals surface area contributed by atoms with E-state index in [0.717, 1.165) is 5.69 Å². The Hall–Kier alpha value is -1.65. The third kappa shape index (κ3) is 4.66. The van der Waals surface area contributed by atoms with Crippen molar-refractivity contribution in [3.8, 4) is 0 Å². The summed E-state index contributed by atoms with van der Waals surface area (Å²) in [6.45, 7) is 8.73. The first-order valence-corrected chi connectivity index (χ1v) is 8.49. The number of hydrogen-bond acceptors (Lipinski definition) is 2. The summed E-state index contributed by atoms with van der Waals surface area (Å²) in [6.07, 6.45) is 1.59. The van der Waals surface area contributed by atoms with Gasteiger partial charge in [-0.05, 0) is 47.3 Å². The Labute approximate surface area is 148 Å². The molecule has 5 heteroatoms. The zero-order valence-corrected chi connectivity index (χ0v) is 15.4. The Bertz CT molecular complexity index is 655. The normalized spacial score (nSPS) is 10.9. The lowest BCUT2D eigenvalue weighted by atomic mass is 9.93. The first-order chi connectivity index (χ1) is 10.9. The van der Waals surface area contributed by atoms with Crippen molar-refractivity contribution in [2.45, 2.75) is 39.5 Å². The number of thiocarbonyl (C=S) groups is 1. The van der Waals surface area contributed by atoms with Gasteiger partial charge in [0, 0.05) is 11.9 Å². The minimum absolute atomic E-state index is 0.410. The van der Waals surface area contributed by atoms with Gasteiger partial charge < -0.3 is 10.6 Å². The highest BCUT2D eigenvalue weighted by atomic mass is 35.5. The number of benzene rings is 1. The Kier molecular flexibility index (Phi) is 5.97. The fourth-order valence-corrected chi connectivity index (χ4v) is 2.72. The topological polar surface area (TPSA) is 37.0 Å². The maximum atomic E-state index is 5.85. The van der Waals surface area contributed by atoms with Crippen LogP contribution < -0.4 is 10.6 Å². The molecule has 0 aliphatic carbocycles. The van der Waals surface area contributed by atoms with Gasteiger partial charge in [0.2, 0.25) is 0 Å². The second-order valence-corrected chi connectivity index (χ2v) is 6.91. The van der Waals surface area contributed by atoms with E-state index in [1.54, 1.807) is 18.3 Å². The van der Waals surface area contributed by atoms with E-state index in [4.69, 9.17) is 23.8 Å². The van der Waals surface area contributed by atoms with Crippen LogP contribution in [0.25, 0.3) is 0 Å². The van der Waals surface area contributed by atoms with Crippen molar-refractivity contribution in [2.75, 3.05) is 10.6 Å². The van der Waals surface area contributed by atoms with Crippen LogP contribution >= 0.6 is 23.8 Å². The summed E-state index contributed by atoms with van der Waals surface area (Å²) in [5, 5.41) is 7.57. The van der Waals surface area contributed by atoms with Crippen LogP contribution in [0.15, 0.2) is 36.5 Å². The number of hydrogen-bond donors (Lipinski definition) is 2. The van der Waals surface area contributed by atoms with E-state index in [1.807, 2.05) is 0 Å². The number of anilines is 2. The number of nitrogens with zero attached hydrogens (tertiary/aromatic N) is 1. The monoisotopic (exact) mass is 347 g/mol. The van der Waals surface area contributed by atoms with Crippen molar-refractivity contribution in [1.29, 1.82) is 0 Å². The van der Waals surface area contributed by atoms with Crippen molar-refractivity contribution in [1.82, 2.24) is 4.98 Å². The first kappa shape index (κ1) is 17.7. The lowest BCUT2D eigenvalue weighted by Crippen LogP contribution is -2.22. The summed E-state index contributed by atoms with van der Waals surface area (Å²) in [4.78, 5) is 4.20. The summed E-state index contributed by atoms with van der Waals surface area (Å²) in [5.74, 6) is 1.49. The predicted octanol–water partition coefficient (Wildman–Crippen LogP) is 5.79. The van der Waals surface area contributed by atoms with Gasteiger partial charge in [-0.1, -0.05) is 57.5 Å². The maximum absolute atomic E-state index is 5.85. The molecule has 1 aromatic carbocycles. The molecule has 3 nitrogen and oxygen atoms in total. The zero-order valence-electron chi connectivity index (χ0n) is 13.9. The molecule has 0 saturated heterocycles. The summed E-state index contributed by atoms with van der Waals surface area (Å²) < 4.78 is 0. The van der Waals surface area contributed by atoms with Crippen LogP contribution in [0.4, 0.5) is 11.5 Å². The van der Waals surface area contributed by atoms with Crippen LogP contribution in [0, 0.1) is 0 Å². The summed E-state index contributed by atoms with van der Waals surface area (Å²) in [5.41, 5.74) is 3.60. The highest BCUT2D eigenvalue weighted by molar-refractivity contribution is 7.80. The van der Waals surface area contributed by atoms with E-state index in [1.165, 1.54) is 11.1 Å². The molecule has 0 unspecified atom stereocenters. The Balaban J connectivity index is 2.24. The molecule has 0 atom stereocenters. The molecule has 0 aliphatic heterocycles. The van der Waals surface area contributed by atoms with Crippen molar-refractivity contribution >= 4 is 40.4 Å². The molecular formula is C18H22ClN3S. The standard InChI is InChI=1S/C18H22ClN3S/c1-11(2)14-6-5-7-15(12(3)4)17(14)22-18(23)21-16-9-8-13(19)10-20-16/h5-12H,1-4H3,(H2,20,21,22,23). The smallest absolute Gasteiger partial charge is 0.176 e. The van der Waals surface area contributed by atoms with Crippen LogP contribution in [0.5, 0.6) is 0 Å². The first-order valence-electron chi connectivity index (χ1n) is 7.71. The second-order valence-electron chi connectivity index (χ2n) is 6.06. The van der Waals surface area contributed by atoms with Crippen LogP contribution in [0.1, 0.15) is 50.7 Å². The third-order valence-electron chi connectivity index (χ3n) is 3.58. The molecule has 1 aromatic heterocycles. The lowest BCUT2D eigenvalue weighted by molar-refractivity contribution is 0.839. The van der Waals surface area contributed by atoms with E-state index in [9.17, 15) is 0 Å². The molecule has 0 amide bonds. The molecule has 122 valence electrons. The van der Waals surface area contributed by atoms with Gasteiger partial charge in [0.05, 0.1) is 5.02 Å². The molecule has 2 N–H and O–H groups in total. The number of aromatic nitrogens is 1. The molecule has 0 bridgehead atoms. The molecular weight excluding hydrogens is 326 g/mol. The van der Waals surface area contributed by atoms with Gasteiger partial charge in [-0.3, -0.25) is 0 Å². The molecule has 0 aliphatic rings. The molecule has 23 heavy (non-hydrogen) atoms. The lowest BCUT2D eigenvalue weighted by Gasteiger charge is -2.21. The zero-order chi connectivity index (χ0) is 17.0. The van der Waals surface area contributed by atoms with Gasteiger partial charge >= 0.3 is 0 Å². The number of halogens is 1. The summed E-state index contributed by atoms with van der Waals surface area (Å²) in [7, 11) is 0. The fourth-order valence-electron chi connectivity index (χ4n) is 2.41. The SMILES string of the molecule is CC(C)c1cccc(C(C)C)c1NC(=S)Nc1ccc(Cl)cn1. The van der Waals surface area contributed by atoms with E-state index >= 15 is 0 Å². The van der Waals surface area contributed by atoms with Crippen molar-refractivity contribution in [3.63, 3.8) is 0 Å². The van der Waals surface area contributed by atoms with Crippen LogP contribution in [-0.2, 0) is 0 Å². The summed E-state index contributed by atoms with van der Waals surface area (Å²) >= 11 is 11.3. The van der Waals surface area contributed by atoms with Gasteiger partial charge in [0.25, 0.3) is 0 Å². The molecule has 2 rings (SSSR count). The van der Waals surface area contributed by atoms with Crippen molar-refractivity contribution < 1.29 is 0 Å². The average Bonchev–Trinajstić information content (AvgIpc) is 2.49. The Morgan fingerprint density at radius 3 is 2.09 bits per heavy atom. The minimum Gasteiger partial charge on any atom is -0.332 e. The van der Waals surface area contributed by atoms with Crippen LogP contribution in [0.3, 0.4) is 0 Å². The van der Waals surface area contributed by atoms with Crippen molar-refractivity contribution in [2.24, 2.45) is 0 Å². The summed E-state index contributed by atoms with van der Waals surface area (Å²) in [6, 6.07) is 9.96.